The van der Waals surface area contributed by atoms with Crippen molar-refractivity contribution in [1.82, 2.24) is 4.98 Å². The predicted molar refractivity (Wildman–Crippen MR) is 106 cm³/mol. The molecule has 138 valence electrons. The monoisotopic (exact) mass is 383 g/mol. The van der Waals surface area contributed by atoms with Crippen molar-refractivity contribution in [2.45, 2.75) is 0 Å². The molecule has 0 aliphatic rings. The van der Waals surface area contributed by atoms with Crippen LogP contribution < -0.4 is 20.1 Å². The highest BCUT2D eigenvalue weighted by Gasteiger charge is 2.08. The molecule has 0 aliphatic heterocycles. The summed E-state index contributed by atoms with van der Waals surface area (Å²) in [7, 11) is 3.12. The third kappa shape index (κ3) is 4.68. The van der Waals surface area contributed by atoms with Crippen LogP contribution in [-0.4, -0.2) is 25.1 Å². The fraction of sp³-hybridized carbons (Fsp3) is 0.100. The van der Waals surface area contributed by atoms with Gasteiger partial charge >= 0.3 is 0 Å². The van der Waals surface area contributed by atoms with Gasteiger partial charge in [-0.3, -0.25) is 4.79 Å². The second-order valence-electron chi connectivity index (χ2n) is 5.59. The maximum atomic E-state index is 12.3. The summed E-state index contributed by atoms with van der Waals surface area (Å²) in [6.07, 6.45) is 1.62. The maximum absolute atomic E-state index is 12.3. The van der Waals surface area contributed by atoms with Crippen molar-refractivity contribution in [3.63, 3.8) is 0 Å². The standard InChI is InChI=1S/C20H18ClN3O3/c1-26-16-5-3-4-13(10-16)20(25)24-19-9-7-15(12-22-19)23-14-6-8-18(27-2)17(21)11-14/h3-12,23H,1-2H3,(H,22,24,25). The zero-order valence-electron chi connectivity index (χ0n) is 14.8. The topological polar surface area (TPSA) is 72.5 Å². The number of methoxy groups -OCH3 is 2. The minimum absolute atomic E-state index is 0.260. The average molecular weight is 384 g/mol. The first kappa shape index (κ1) is 18.5. The van der Waals surface area contributed by atoms with E-state index in [9.17, 15) is 4.79 Å². The van der Waals surface area contributed by atoms with Crippen molar-refractivity contribution in [1.29, 1.82) is 0 Å². The molecule has 1 heterocycles. The number of amides is 1. The highest BCUT2D eigenvalue weighted by Crippen LogP contribution is 2.28. The summed E-state index contributed by atoms with van der Waals surface area (Å²) in [5.41, 5.74) is 2.05. The van der Waals surface area contributed by atoms with Gasteiger partial charge in [-0.15, -0.1) is 0 Å². The molecule has 27 heavy (non-hydrogen) atoms. The van der Waals surface area contributed by atoms with E-state index in [1.807, 2.05) is 12.1 Å². The molecule has 0 radical (unpaired) electrons. The normalized spacial score (nSPS) is 10.2. The van der Waals surface area contributed by atoms with Crippen LogP contribution in [0.4, 0.5) is 17.2 Å². The summed E-state index contributed by atoms with van der Waals surface area (Å²) in [6.45, 7) is 0. The molecule has 0 spiro atoms. The van der Waals surface area contributed by atoms with E-state index >= 15 is 0 Å². The van der Waals surface area contributed by atoms with Crippen molar-refractivity contribution >= 4 is 34.7 Å². The highest BCUT2D eigenvalue weighted by molar-refractivity contribution is 6.32. The summed E-state index contributed by atoms with van der Waals surface area (Å²) in [6, 6.07) is 15.8. The third-order valence-electron chi connectivity index (χ3n) is 3.78. The van der Waals surface area contributed by atoms with Crippen LogP contribution >= 0.6 is 11.6 Å². The zero-order valence-corrected chi connectivity index (χ0v) is 15.6. The molecule has 0 fully saturated rings. The molecule has 3 aromatic rings. The summed E-state index contributed by atoms with van der Waals surface area (Å²) in [5.74, 6) is 1.41. The summed E-state index contributed by atoms with van der Waals surface area (Å²) < 4.78 is 10.3. The van der Waals surface area contributed by atoms with Crippen molar-refractivity contribution in [3.05, 3.63) is 71.4 Å². The molecule has 2 N–H and O–H groups in total. The number of hydrogen-bond acceptors (Lipinski definition) is 5. The Kier molecular flexibility index (Phi) is 5.78. The first-order chi connectivity index (χ1) is 13.1. The molecule has 7 heteroatoms. The smallest absolute Gasteiger partial charge is 0.256 e. The van der Waals surface area contributed by atoms with Crippen LogP contribution in [0.15, 0.2) is 60.8 Å². The van der Waals surface area contributed by atoms with Gasteiger partial charge in [0.05, 0.1) is 31.1 Å². The molecule has 3 rings (SSSR count). The first-order valence-electron chi connectivity index (χ1n) is 8.11. The molecule has 0 atom stereocenters. The van der Waals surface area contributed by atoms with Gasteiger partial charge in [-0.1, -0.05) is 17.7 Å². The van der Waals surface area contributed by atoms with Gasteiger partial charge in [-0.2, -0.15) is 0 Å². The van der Waals surface area contributed by atoms with E-state index in [1.165, 1.54) is 0 Å². The number of nitrogens with zero attached hydrogens (tertiary/aromatic N) is 1. The number of carbonyl (C=O) groups is 1. The van der Waals surface area contributed by atoms with Crippen LogP contribution in [0.3, 0.4) is 0 Å². The van der Waals surface area contributed by atoms with E-state index in [4.69, 9.17) is 21.1 Å². The molecule has 0 bridgehead atoms. The average Bonchev–Trinajstić information content (AvgIpc) is 2.69. The zero-order chi connectivity index (χ0) is 19.2. The molecule has 1 amide bonds. The number of hydrogen-bond donors (Lipinski definition) is 2. The van der Waals surface area contributed by atoms with Gasteiger partial charge in [-0.05, 0) is 48.5 Å². The summed E-state index contributed by atoms with van der Waals surface area (Å²) in [5, 5.41) is 6.46. The van der Waals surface area contributed by atoms with Crippen LogP contribution in [-0.2, 0) is 0 Å². The lowest BCUT2D eigenvalue weighted by Gasteiger charge is -2.10. The fourth-order valence-electron chi connectivity index (χ4n) is 2.41. The van der Waals surface area contributed by atoms with E-state index in [1.54, 1.807) is 62.9 Å². The summed E-state index contributed by atoms with van der Waals surface area (Å²) in [4.78, 5) is 16.6. The van der Waals surface area contributed by atoms with E-state index in [0.717, 1.165) is 11.4 Å². The Morgan fingerprint density at radius 2 is 1.81 bits per heavy atom. The fourth-order valence-corrected chi connectivity index (χ4v) is 2.66. The van der Waals surface area contributed by atoms with Gasteiger partial charge in [0, 0.05) is 11.3 Å². The molecule has 6 nitrogen and oxygen atoms in total. The van der Waals surface area contributed by atoms with Crippen molar-refractivity contribution in [2.75, 3.05) is 24.9 Å². The Morgan fingerprint density at radius 1 is 1.00 bits per heavy atom. The molecule has 0 saturated heterocycles. The van der Waals surface area contributed by atoms with Gasteiger partial charge < -0.3 is 20.1 Å². The van der Waals surface area contributed by atoms with E-state index < -0.39 is 0 Å². The van der Waals surface area contributed by atoms with E-state index in [2.05, 4.69) is 15.6 Å². The molecule has 0 aliphatic carbocycles. The van der Waals surface area contributed by atoms with E-state index in [-0.39, 0.29) is 5.91 Å². The lowest BCUT2D eigenvalue weighted by Crippen LogP contribution is -2.12. The first-order valence-corrected chi connectivity index (χ1v) is 8.49. The minimum Gasteiger partial charge on any atom is -0.497 e. The van der Waals surface area contributed by atoms with Crippen LogP contribution in [0.2, 0.25) is 5.02 Å². The number of halogens is 1. The van der Waals surface area contributed by atoms with Gasteiger partial charge in [0.2, 0.25) is 0 Å². The lowest BCUT2D eigenvalue weighted by atomic mass is 10.2. The van der Waals surface area contributed by atoms with E-state index in [0.29, 0.717) is 27.9 Å². The number of ether oxygens (including phenoxy) is 2. The van der Waals surface area contributed by atoms with Gasteiger partial charge in [0.1, 0.15) is 17.3 Å². The molecule has 0 saturated carbocycles. The van der Waals surface area contributed by atoms with Gasteiger partial charge in [0.25, 0.3) is 5.91 Å². The highest BCUT2D eigenvalue weighted by atomic mass is 35.5. The maximum Gasteiger partial charge on any atom is 0.256 e. The second kappa shape index (κ2) is 8.42. The Morgan fingerprint density at radius 3 is 2.48 bits per heavy atom. The van der Waals surface area contributed by atoms with Crippen LogP contribution in [0, 0.1) is 0 Å². The molecule has 0 unspecified atom stereocenters. The molecule has 1 aromatic heterocycles. The number of rotatable bonds is 6. The SMILES string of the molecule is COc1cccc(C(=O)Nc2ccc(Nc3ccc(OC)c(Cl)c3)cn2)c1. The van der Waals surface area contributed by atoms with Crippen LogP contribution in [0.25, 0.3) is 0 Å². The summed E-state index contributed by atoms with van der Waals surface area (Å²) >= 11 is 6.12. The van der Waals surface area contributed by atoms with Crippen molar-refractivity contribution < 1.29 is 14.3 Å². The largest absolute Gasteiger partial charge is 0.497 e. The number of benzene rings is 2. The number of pyridine rings is 1. The van der Waals surface area contributed by atoms with Crippen LogP contribution in [0.5, 0.6) is 11.5 Å². The number of nitrogens with one attached hydrogen (secondary N) is 2. The van der Waals surface area contributed by atoms with Gasteiger partial charge in [0.15, 0.2) is 0 Å². The Balaban J connectivity index is 1.66. The Hall–Kier alpha value is -3.25. The quantitative estimate of drug-likeness (QED) is 0.642. The van der Waals surface area contributed by atoms with Crippen molar-refractivity contribution in [2.24, 2.45) is 0 Å². The third-order valence-corrected chi connectivity index (χ3v) is 4.07. The number of aromatic nitrogens is 1. The van der Waals surface area contributed by atoms with Gasteiger partial charge in [-0.25, -0.2) is 4.98 Å². The molecular weight excluding hydrogens is 366 g/mol. The second-order valence-corrected chi connectivity index (χ2v) is 6.00. The lowest BCUT2D eigenvalue weighted by molar-refractivity contribution is 0.102. The van der Waals surface area contributed by atoms with Crippen molar-refractivity contribution in [3.8, 4) is 11.5 Å². The minimum atomic E-state index is -0.260. The number of anilines is 3. The Bertz CT molecular complexity index is 945. The Labute approximate surface area is 162 Å². The van der Waals surface area contributed by atoms with Crippen LogP contribution in [0.1, 0.15) is 10.4 Å². The molecular formula is C20H18ClN3O3. The predicted octanol–water partition coefficient (Wildman–Crippen LogP) is 4.75. The molecule has 2 aromatic carbocycles. The number of carbonyl (C=O) groups excluding carboxylic acids is 1.